The van der Waals surface area contributed by atoms with E-state index < -0.39 is 0 Å². The van der Waals surface area contributed by atoms with Crippen LogP contribution in [0.3, 0.4) is 0 Å². The summed E-state index contributed by atoms with van der Waals surface area (Å²) in [7, 11) is 0. The van der Waals surface area contributed by atoms with Crippen LogP contribution >= 0.6 is 0 Å². The Bertz CT molecular complexity index is 461. The fourth-order valence-corrected chi connectivity index (χ4v) is 3.00. The Labute approximate surface area is 131 Å². The summed E-state index contributed by atoms with van der Waals surface area (Å²) in [6.07, 6.45) is 8.74. The Morgan fingerprint density at radius 3 is 2.29 bits per heavy atom. The van der Waals surface area contributed by atoms with Gasteiger partial charge in [-0.2, -0.15) is 0 Å². The van der Waals surface area contributed by atoms with E-state index in [2.05, 4.69) is 63.1 Å². The fourth-order valence-electron chi connectivity index (χ4n) is 3.00. The number of hydrogen-bond donors (Lipinski definition) is 0. The lowest BCUT2D eigenvalue weighted by Gasteiger charge is -2.26. The van der Waals surface area contributed by atoms with Crippen LogP contribution in [0.15, 0.2) is 36.0 Å². The van der Waals surface area contributed by atoms with Crippen LogP contribution in [0.25, 0.3) is 0 Å². The minimum atomic E-state index is 0.289. The number of allylic oxidation sites excluding steroid dienone is 1. The SMILES string of the molecule is CCC(C)(C)c1ccc(CC(C)=CN2CCCCC2)cc1. The predicted octanol–water partition coefficient (Wildman–Crippen LogP) is 5.31. The lowest BCUT2D eigenvalue weighted by atomic mass is 9.82. The monoisotopic (exact) mass is 285 g/mol. The van der Waals surface area contributed by atoms with Crippen LogP contribution in [-0.4, -0.2) is 18.0 Å². The van der Waals surface area contributed by atoms with Gasteiger partial charge in [-0.15, -0.1) is 0 Å². The van der Waals surface area contributed by atoms with Crippen molar-refractivity contribution in [2.24, 2.45) is 0 Å². The van der Waals surface area contributed by atoms with Gasteiger partial charge in [-0.25, -0.2) is 0 Å². The average Bonchev–Trinajstić information content (AvgIpc) is 2.48. The quantitative estimate of drug-likeness (QED) is 0.709. The number of hydrogen-bond acceptors (Lipinski definition) is 1. The highest BCUT2D eigenvalue weighted by Gasteiger charge is 2.17. The Kier molecular flexibility index (Phi) is 5.50. The van der Waals surface area contributed by atoms with Gasteiger partial charge in [-0.1, -0.05) is 50.6 Å². The Morgan fingerprint density at radius 1 is 1.10 bits per heavy atom. The molecule has 0 radical (unpaired) electrons. The third kappa shape index (κ3) is 4.62. The summed E-state index contributed by atoms with van der Waals surface area (Å²) in [5.41, 5.74) is 4.64. The molecule has 1 heterocycles. The lowest BCUT2D eigenvalue weighted by Crippen LogP contribution is -2.24. The Morgan fingerprint density at radius 2 is 1.71 bits per heavy atom. The van der Waals surface area contributed by atoms with Gasteiger partial charge in [0.1, 0.15) is 0 Å². The van der Waals surface area contributed by atoms with E-state index in [1.54, 1.807) is 0 Å². The van der Waals surface area contributed by atoms with E-state index in [0.29, 0.717) is 0 Å². The zero-order valence-electron chi connectivity index (χ0n) is 14.3. The van der Waals surface area contributed by atoms with E-state index in [1.165, 1.54) is 55.5 Å². The van der Waals surface area contributed by atoms with Crippen LogP contribution in [0.4, 0.5) is 0 Å². The third-order valence-electron chi connectivity index (χ3n) is 4.90. The summed E-state index contributed by atoms with van der Waals surface area (Å²) in [6, 6.07) is 9.24. The van der Waals surface area contributed by atoms with E-state index in [1.807, 2.05) is 0 Å². The molecule has 1 aromatic rings. The van der Waals surface area contributed by atoms with Crippen molar-refractivity contribution in [3.05, 3.63) is 47.2 Å². The Balaban J connectivity index is 1.98. The van der Waals surface area contributed by atoms with Gasteiger partial charge in [0.25, 0.3) is 0 Å². The van der Waals surface area contributed by atoms with E-state index in [-0.39, 0.29) is 5.41 Å². The molecule has 0 amide bonds. The van der Waals surface area contributed by atoms with Crippen LogP contribution in [0.2, 0.25) is 0 Å². The van der Waals surface area contributed by atoms with Crippen LogP contribution in [0, 0.1) is 0 Å². The topological polar surface area (TPSA) is 3.24 Å². The second-order valence-electron chi connectivity index (χ2n) is 7.18. The largest absolute Gasteiger partial charge is 0.377 e. The van der Waals surface area contributed by atoms with Crippen molar-refractivity contribution >= 4 is 0 Å². The highest BCUT2D eigenvalue weighted by molar-refractivity contribution is 5.30. The molecule has 1 fully saturated rings. The van der Waals surface area contributed by atoms with Gasteiger partial charge in [-0.05, 0) is 61.8 Å². The fraction of sp³-hybridized carbons (Fsp3) is 0.600. The summed E-state index contributed by atoms with van der Waals surface area (Å²) in [4.78, 5) is 2.49. The number of benzene rings is 1. The molecule has 1 saturated heterocycles. The van der Waals surface area contributed by atoms with E-state index in [0.717, 1.165) is 6.42 Å². The van der Waals surface area contributed by atoms with Crippen molar-refractivity contribution in [1.29, 1.82) is 0 Å². The van der Waals surface area contributed by atoms with Crippen LogP contribution in [0.5, 0.6) is 0 Å². The van der Waals surface area contributed by atoms with Gasteiger partial charge in [0.15, 0.2) is 0 Å². The second-order valence-corrected chi connectivity index (χ2v) is 7.18. The van der Waals surface area contributed by atoms with Gasteiger partial charge in [0.05, 0.1) is 0 Å². The molecule has 1 aromatic carbocycles. The predicted molar refractivity (Wildman–Crippen MR) is 92.6 cm³/mol. The molecule has 1 aliphatic rings. The first-order valence-electron chi connectivity index (χ1n) is 8.52. The molecule has 0 unspecified atom stereocenters. The van der Waals surface area contributed by atoms with Gasteiger partial charge >= 0.3 is 0 Å². The molecule has 0 atom stereocenters. The molecule has 0 bridgehead atoms. The van der Waals surface area contributed by atoms with Crippen molar-refractivity contribution in [3.63, 3.8) is 0 Å². The maximum Gasteiger partial charge on any atom is 0.0172 e. The normalized spacial score (nSPS) is 17.1. The van der Waals surface area contributed by atoms with Crippen molar-refractivity contribution in [2.45, 2.75) is 65.2 Å². The summed E-state index contributed by atoms with van der Waals surface area (Å²) >= 11 is 0. The summed E-state index contributed by atoms with van der Waals surface area (Å²) < 4.78 is 0. The minimum absolute atomic E-state index is 0.289. The lowest BCUT2D eigenvalue weighted by molar-refractivity contribution is 0.307. The molecule has 21 heavy (non-hydrogen) atoms. The number of likely N-dealkylation sites (tertiary alicyclic amines) is 1. The van der Waals surface area contributed by atoms with Gasteiger partial charge in [-0.3, -0.25) is 0 Å². The molecule has 1 heteroatoms. The third-order valence-corrected chi connectivity index (χ3v) is 4.90. The number of rotatable bonds is 5. The molecule has 0 spiro atoms. The van der Waals surface area contributed by atoms with Crippen LogP contribution < -0.4 is 0 Å². The second kappa shape index (κ2) is 7.15. The van der Waals surface area contributed by atoms with Gasteiger partial charge < -0.3 is 4.90 Å². The Hall–Kier alpha value is -1.24. The standard InChI is InChI=1S/C20H31N/c1-5-20(3,4)19-11-9-18(10-12-19)15-17(2)16-21-13-7-6-8-14-21/h9-12,16H,5-8,13-15H2,1-4H3. The van der Waals surface area contributed by atoms with Crippen LogP contribution in [0.1, 0.15) is 64.5 Å². The average molecular weight is 285 g/mol. The zero-order chi connectivity index (χ0) is 15.3. The molecule has 116 valence electrons. The summed E-state index contributed by atoms with van der Waals surface area (Å²) in [5.74, 6) is 0. The van der Waals surface area contributed by atoms with Gasteiger partial charge in [0.2, 0.25) is 0 Å². The molecule has 0 saturated carbocycles. The summed E-state index contributed by atoms with van der Waals surface area (Å²) in [6.45, 7) is 11.6. The number of nitrogens with zero attached hydrogens (tertiary/aromatic N) is 1. The maximum atomic E-state index is 2.49. The minimum Gasteiger partial charge on any atom is -0.377 e. The molecule has 0 aromatic heterocycles. The molecule has 0 N–H and O–H groups in total. The first kappa shape index (κ1) is 16.1. The molecule has 1 nitrogen and oxygen atoms in total. The van der Waals surface area contributed by atoms with Crippen molar-refractivity contribution in [1.82, 2.24) is 4.90 Å². The zero-order valence-corrected chi connectivity index (χ0v) is 14.3. The first-order chi connectivity index (χ1) is 10.0. The van der Waals surface area contributed by atoms with E-state index in [9.17, 15) is 0 Å². The molecule has 0 aliphatic carbocycles. The maximum absolute atomic E-state index is 2.49. The highest BCUT2D eigenvalue weighted by atomic mass is 15.1. The first-order valence-corrected chi connectivity index (χ1v) is 8.52. The van der Waals surface area contributed by atoms with Gasteiger partial charge in [0, 0.05) is 13.1 Å². The molecular formula is C20H31N. The highest BCUT2D eigenvalue weighted by Crippen LogP contribution is 2.27. The van der Waals surface area contributed by atoms with Crippen molar-refractivity contribution < 1.29 is 0 Å². The molecule has 2 rings (SSSR count). The van der Waals surface area contributed by atoms with Crippen molar-refractivity contribution in [2.75, 3.05) is 13.1 Å². The van der Waals surface area contributed by atoms with Crippen molar-refractivity contribution in [3.8, 4) is 0 Å². The summed E-state index contributed by atoms with van der Waals surface area (Å²) in [5, 5.41) is 0. The van der Waals surface area contributed by atoms with E-state index in [4.69, 9.17) is 0 Å². The van der Waals surface area contributed by atoms with Crippen LogP contribution in [-0.2, 0) is 11.8 Å². The molecule has 1 aliphatic heterocycles. The smallest absolute Gasteiger partial charge is 0.0172 e. The van der Waals surface area contributed by atoms with E-state index >= 15 is 0 Å². The number of piperidine rings is 1. The molecular weight excluding hydrogens is 254 g/mol.